The van der Waals surface area contributed by atoms with Gasteiger partial charge in [-0.15, -0.1) is 6.42 Å². The summed E-state index contributed by atoms with van der Waals surface area (Å²) in [7, 11) is 0. The van der Waals surface area contributed by atoms with Crippen molar-refractivity contribution < 1.29 is 0 Å². The molecular weight excluding hydrogens is 198 g/mol. The van der Waals surface area contributed by atoms with Gasteiger partial charge in [0.05, 0.1) is 5.39 Å². The highest BCUT2D eigenvalue weighted by Crippen LogP contribution is 2.28. The molecule has 0 fully saturated rings. The molecule has 70 valence electrons. The SMILES string of the molecule is C#CC(C)c1c[nH]c2ncnc(Cl)c12. The molecule has 14 heavy (non-hydrogen) atoms. The highest BCUT2D eigenvalue weighted by Gasteiger charge is 2.12. The van der Waals surface area contributed by atoms with Gasteiger partial charge in [0.2, 0.25) is 0 Å². The average Bonchev–Trinajstić information content (AvgIpc) is 2.62. The van der Waals surface area contributed by atoms with Crippen LogP contribution < -0.4 is 0 Å². The molecule has 2 aromatic rings. The number of hydrogen-bond donors (Lipinski definition) is 1. The Morgan fingerprint density at radius 1 is 1.57 bits per heavy atom. The highest BCUT2D eigenvalue weighted by atomic mass is 35.5. The summed E-state index contributed by atoms with van der Waals surface area (Å²) in [4.78, 5) is 11.0. The second-order valence-electron chi connectivity index (χ2n) is 3.02. The maximum Gasteiger partial charge on any atom is 0.142 e. The summed E-state index contributed by atoms with van der Waals surface area (Å²) in [5.74, 6) is 2.66. The quantitative estimate of drug-likeness (QED) is 0.574. The lowest BCUT2D eigenvalue weighted by Crippen LogP contribution is -1.89. The van der Waals surface area contributed by atoms with Crippen molar-refractivity contribution in [1.29, 1.82) is 0 Å². The molecule has 3 nitrogen and oxygen atoms in total. The van der Waals surface area contributed by atoms with Crippen molar-refractivity contribution in [3.63, 3.8) is 0 Å². The molecule has 0 saturated carbocycles. The number of nitrogens with zero attached hydrogens (tertiary/aromatic N) is 2. The molecule has 4 heteroatoms. The number of fused-ring (bicyclic) bond motifs is 1. The fourth-order valence-corrected chi connectivity index (χ4v) is 1.62. The van der Waals surface area contributed by atoms with E-state index in [-0.39, 0.29) is 5.92 Å². The number of halogens is 1. The minimum atomic E-state index is 0.00671. The van der Waals surface area contributed by atoms with Crippen LogP contribution in [-0.4, -0.2) is 15.0 Å². The van der Waals surface area contributed by atoms with Gasteiger partial charge in [0, 0.05) is 12.1 Å². The molecule has 1 unspecified atom stereocenters. The van der Waals surface area contributed by atoms with E-state index in [0.29, 0.717) is 5.15 Å². The third kappa shape index (κ3) is 1.24. The first kappa shape index (κ1) is 9.04. The zero-order valence-corrected chi connectivity index (χ0v) is 8.34. The number of hydrogen-bond acceptors (Lipinski definition) is 2. The summed E-state index contributed by atoms with van der Waals surface area (Å²) in [6.45, 7) is 1.94. The molecule has 2 aromatic heterocycles. The van der Waals surface area contributed by atoms with E-state index in [1.807, 2.05) is 13.1 Å². The first-order valence-corrected chi connectivity index (χ1v) is 4.55. The Hall–Kier alpha value is -1.53. The summed E-state index contributed by atoms with van der Waals surface area (Å²) in [6.07, 6.45) is 8.61. The van der Waals surface area contributed by atoms with E-state index in [1.54, 1.807) is 0 Å². The van der Waals surface area contributed by atoms with Gasteiger partial charge in [-0.1, -0.05) is 17.5 Å². The molecule has 0 amide bonds. The maximum atomic E-state index is 5.96. The standard InChI is InChI=1S/C10H8ClN3/c1-3-6(2)7-4-12-10-8(7)9(11)13-5-14-10/h1,4-6H,2H3,(H,12,13,14). The molecule has 0 aromatic carbocycles. The van der Waals surface area contributed by atoms with E-state index in [1.165, 1.54) is 6.33 Å². The van der Waals surface area contributed by atoms with Crippen molar-refractivity contribution in [2.24, 2.45) is 0 Å². The van der Waals surface area contributed by atoms with Crippen LogP contribution in [0.4, 0.5) is 0 Å². The normalized spacial score (nSPS) is 12.6. The van der Waals surface area contributed by atoms with Crippen molar-refractivity contribution in [3.05, 3.63) is 23.2 Å². The van der Waals surface area contributed by atoms with Crippen molar-refractivity contribution in [2.75, 3.05) is 0 Å². The van der Waals surface area contributed by atoms with Crippen LogP contribution in [0, 0.1) is 12.3 Å². The topological polar surface area (TPSA) is 41.6 Å². The molecular formula is C10H8ClN3. The summed E-state index contributed by atoms with van der Waals surface area (Å²) in [6, 6.07) is 0. The molecule has 0 bridgehead atoms. The summed E-state index contributed by atoms with van der Waals surface area (Å²) in [5.41, 5.74) is 1.69. The van der Waals surface area contributed by atoms with Crippen molar-refractivity contribution in [2.45, 2.75) is 12.8 Å². The number of aromatic amines is 1. The fourth-order valence-electron chi connectivity index (χ4n) is 1.38. The molecule has 0 spiro atoms. The maximum absolute atomic E-state index is 5.96. The van der Waals surface area contributed by atoms with Crippen LogP contribution >= 0.6 is 11.6 Å². The Kier molecular flexibility index (Phi) is 2.14. The van der Waals surface area contributed by atoms with Crippen molar-refractivity contribution in [1.82, 2.24) is 15.0 Å². The predicted molar refractivity (Wildman–Crippen MR) is 56.1 cm³/mol. The number of nitrogens with one attached hydrogen (secondary N) is 1. The molecule has 0 aliphatic heterocycles. The third-order valence-electron chi connectivity index (χ3n) is 2.17. The third-order valence-corrected chi connectivity index (χ3v) is 2.46. The molecule has 0 aliphatic rings. The Labute approximate surface area is 86.5 Å². The molecule has 0 saturated heterocycles. The molecule has 0 radical (unpaired) electrons. The van der Waals surface area contributed by atoms with Crippen LogP contribution in [0.3, 0.4) is 0 Å². The van der Waals surface area contributed by atoms with Crippen molar-refractivity contribution >= 4 is 22.6 Å². The largest absolute Gasteiger partial charge is 0.346 e. The first-order chi connectivity index (χ1) is 6.74. The molecule has 0 aliphatic carbocycles. The second kappa shape index (κ2) is 3.32. The smallest absolute Gasteiger partial charge is 0.142 e. The lowest BCUT2D eigenvalue weighted by molar-refractivity contribution is 1.02. The van der Waals surface area contributed by atoms with E-state index in [4.69, 9.17) is 18.0 Å². The first-order valence-electron chi connectivity index (χ1n) is 4.17. The number of H-pyrrole nitrogens is 1. The van der Waals surface area contributed by atoms with Crippen molar-refractivity contribution in [3.8, 4) is 12.3 Å². The van der Waals surface area contributed by atoms with Crippen LogP contribution in [0.25, 0.3) is 11.0 Å². The zero-order chi connectivity index (χ0) is 10.1. The van der Waals surface area contributed by atoms with Crippen LogP contribution in [0.2, 0.25) is 5.15 Å². The lowest BCUT2D eigenvalue weighted by Gasteiger charge is -2.01. The van der Waals surface area contributed by atoms with Gasteiger partial charge >= 0.3 is 0 Å². The Morgan fingerprint density at radius 3 is 3.07 bits per heavy atom. The van der Waals surface area contributed by atoms with E-state index < -0.39 is 0 Å². The summed E-state index contributed by atoms with van der Waals surface area (Å²) >= 11 is 5.96. The second-order valence-corrected chi connectivity index (χ2v) is 3.38. The van der Waals surface area contributed by atoms with E-state index in [0.717, 1.165) is 16.6 Å². The zero-order valence-electron chi connectivity index (χ0n) is 7.58. The van der Waals surface area contributed by atoms with Gasteiger partial charge in [-0.25, -0.2) is 9.97 Å². The lowest BCUT2D eigenvalue weighted by atomic mass is 10.0. The monoisotopic (exact) mass is 205 g/mol. The van der Waals surface area contributed by atoms with Gasteiger partial charge < -0.3 is 4.98 Å². The van der Waals surface area contributed by atoms with Gasteiger partial charge in [0.15, 0.2) is 0 Å². The molecule has 1 N–H and O–H groups in total. The van der Waals surface area contributed by atoms with Crippen LogP contribution in [-0.2, 0) is 0 Å². The number of aromatic nitrogens is 3. The van der Waals surface area contributed by atoms with E-state index in [9.17, 15) is 0 Å². The molecule has 2 rings (SSSR count). The van der Waals surface area contributed by atoms with Crippen LogP contribution in [0.5, 0.6) is 0 Å². The van der Waals surface area contributed by atoms with Gasteiger partial charge in [-0.3, -0.25) is 0 Å². The Bertz CT molecular complexity index is 510. The van der Waals surface area contributed by atoms with Gasteiger partial charge in [-0.2, -0.15) is 0 Å². The summed E-state index contributed by atoms with van der Waals surface area (Å²) < 4.78 is 0. The van der Waals surface area contributed by atoms with E-state index in [2.05, 4.69) is 20.9 Å². The number of terminal acetylenes is 1. The fraction of sp³-hybridized carbons (Fsp3) is 0.200. The van der Waals surface area contributed by atoms with Gasteiger partial charge in [0.25, 0.3) is 0 Å². The average molecular weight is 206 g/mol. The minimum absolute atomic E-state index is 0.00671. The number of rotatable bonds is 1. The van der Waals surface area contributed by atoms with Gasteiger partial charge in [0.1, 0.15) is 17.1 Å². The van der Waals surface area contributed by atoms with Crippen LogP contribution in [0.1, 0.15) is 18.4 Å². The molecule has 1 atom stereocenters. The Balaban J connectivity index is 2.74. The van der Waals surface area contributed by atoms with E-state index >= 15 is 0 Å². The molecule has 2 heterocycles. The summed E-state index contributed by atoms with van der Waals surface area (Å²) in [5, 5.41) is 1.26. The minimum Gasteiger partial charge on any atom is -0.346 e. The Morgan fingerprint density at radius 2 is 2.36 bits per heavy atom. The highest BCUT2D eigenvalue weighted by molar-refractivity contribution is 6.34. The predicted octanol–water partition coefficient (Wildman–Crippen LogP) is 2.35. The van der Waals surface area contributed by atoms with Crippen LogP contribution in [0.15, 0.2) is 12.5 Å². The van der Waals surface area contributed by atoms with Gasteiger partial charge in [-0.05, 0) is 12.5 Å².